The standard InChI is InChI=1S/C24H29N3O5/c1-5-11-29-20-10-8-18(14-21(20)30-12-6-2)23-24(27-32-26-23)25-22(28)15-31-19-9-7-16(3)17(4)13-19/h7-10,13-14H,5-6,11-12,15H2,1-4H3,(H,25,27,28). The Morgan fingerprint density at radius 1 is 0.906 bits per heavy atom. The third-order valence-electron chi connectivity index (χ3n) is 4.74. The molecule has 2 aromatic carbocycles. The van der Waals surface area contributed by atoms with E-state index < -0.39 is 0 Å². The van der Waals surface area contributed by atoms with Crippen LogP contribution < -0.4 is 19.5 Å². The maximum Gasteiger partial charge on any atom is 0.263 e. The van der Waals surface area contributed by atoms with Crippen LogP contribution in [0, 0.1) is 13.8 Å². The molecule has 0 saturated heterocycles. The van der Waals surface area contributed by atoms with Crippen LogP contribution in [0.5, 0.6) is 17.2 Å². The summed E-state index contributed by atoms with van der Waals surface area (Å²) in [5, 5.41) is 10.5. The summed E-state index contributed by atoms with van der Waals surface area (Å²) in [7, 11) is 0. The van der Waals surface area contributed by atoms with E-state index in [0.717, 1.165) is 24.0 Å². The van der Waals surface area contributed by atoms with Crippen molar-refractivity contribution in [1.82, 2.24) is 10.3 Å². The lowest BCUT2D eigenvalue weighted by atomic mass is 10.1. The first kappa shape index (κ1) is 23.1. The van der Waals surface area contributed by atoms with Crippen LogP contribution in [0.25, 0.3) is 11.3 Å². The summed E-state index contributed by atoms with van der Waals surface area (Å²) in [5.74, 6) is 1.74. The quantitative estimate of drug-likeness (QED) is 0.452. The van der Waals surface area contributed by atoms with E-state index in [1.807, 2.05) is 58.0 Å². The molecule has 3 rings (SSSR count). The van der Waals surface area contributed by atoms with Gasteiger partial charge in [0, 0.05) is 5.56 Å². The normalized spacial score (nSPS) is 10.6. The van der Waals surface area contributed by atoms with Crippen LogP contribution in [0.15, 0.2) is 41.0 Å². The zero-order chi connectivity index (χ0) is 22.9. The van der Waals surface area contributed by atoms with Crippen molar-refractivity contribution >= 4 is 11.7 Å². The minimum Gasteiger partial charge on any atom is -0.490 e. The first-order chi connectivity index (χ1) is 15.5. The van der Waals surface area contributed by atoms with Gasteiger partial charge in [-0.05, 0) is 78.5 Å². The molecule has 0 unspecified atom stereocenters. The van der Waals surface area contributed by atoms with Gasteiger partial charge in [0.1, 0.15) is 5.75 Å². The molecule has 8 heteroatoms. The number of ether oxygens (including phenoxy) is 3. The van der Waals surface area contributed by atoms with Crippen molar-refractivity contribution < 1.29 is 23.6 Å². The van der Waals surface area contributed by atoms with Crippen molar-refractivity contribution in [3.63, 3.8) is 0 Å². The Labute approximate surface area is 187 Å². The smallest absolute Gasteiger partial charge is 0.263 e. The lowest BCUT2D eigenvalue weighted by Gasteiger charge is -2.13. The summed E-state index contributed by atoms with van der Waals surface area (Å²) in [5.41, 5.74) is 3.34. The molecule has 1 N–H and O–H groups in total. The second-order valence-corrected chi connectivity index (χ2v) is 7.40. The average molecular weight is 440 g/mol. The summed E-state index contributed by atoms with van der Waals surface area (Å²) in [6.45, 7) is 9.08. The van der Waals surface area contributed by atoms with E-state index in [1.165, 1.54) is 0 Å². The third-order valence-corrected chi connectivity index (χ3v) is 4.74. The first-order valence-electron chi connectivity index (χ1n) is 10.7. The number of hydrogen-bond acceptors (Lipinski definition) is 7. The van der Waals surface area contributed by atoms with Gasteiger partial charge in [-0.15, -0.1) is 0 Å². The van der Waals surface area contributed by atoms with Crippen LogP contribution in [0.2, 0.25) is 0 Å². The van der Waals surface area contributed by atoms with E-state index >= 15 is 0 Å². The van der Waals surface area contributed by atoms with Crippen LogP contribution in [0.4, 0.5) is 5.82 Å². The molecular formula is C24H29N3O5. The number of anilines is 1. The van der Waals surface area contributed by atoms with Crippen molar-refractivity contribution in [3.05, 3.63) is 47.5 Å². The second kappa shape index (κ2) is 11.2. The second-order valence-electron chi connectivity index (χ2n) is 7.40. The number of aromatic nitrogens is 2. The third kappa shape index (κ3) is 6.00. The molecule has 1 aromatic heterocycles. The van der Waals surface area contributed by atoms with Crippen LogP contribution >= 0.6 is 0 Å². The van der Waals surface area contributed by atoms with E-state index in [0.29, 0.717) is 41.7 Å². The van der Waals surface area contributed by atoms with Gasteiger partial charge < -0.3 is 19.5 Å². The lowest BCUT2D eigenvalue weighted by Crippen LogP contribution is -2.20. The van der Waals surface area contributed by atoms with Crippen molar-refractivity contribution in [1.29, 1.82) is 0 Å². The monoisotopic (exact) mass is 439 g/mol. The lowest BCUT2D eigenvalue weighted by molar-refractivity contribution is -0.118. The highest BCUT2D eigenvalue weighted by Gasteiger charge is 2.18. The van der Waals surface area contributed by atoms with E-state index in [-0.39, 0.29) is 18.3 Å². The Morgan fingerprint density at radius 2 is 1.66 bits per heavy atom. The molecule has 0 fully saturated rings. The molecule has 0 bridgehead atoms. The largest absolute Gasteiger partial charge is 0.490 e. The van der Waals surface area contributed by atoms with Gasteiger partial charge >= 0.3 is 0 Å². The molecule has 1 heterocycles. The Balaban J connectivity index is 1.71. The summed E-state index contributed by atoms with van der Waals surface area (Å²) in [4.78, 5) is 12.4. The maximum absolute atomic E-state index is 12.4. The van der Waals surface area contributed by atoms with Gasteiger partial charge in [0.2, 0.25) is 5.82 Å². The van der Waals surface area contributed by atoms with Gasteiger partial charge in [-0.1, -0.05) is 19.9 Å². The highest BCUT2D eigenvalue weighted by atomic mass is 16.6. The van der Waals surface area contributed by atoms with Gasteiger partial charge in [-0.25, -0.2) is 4.63 Å². The summed E-state index contributed by atoms with van der Waals surface area (Å²) >= 11 is 0. The fraction of sp³-hybridized carbons (Fsp3) is 0.375. The van der Waals surface area contributed by atoms with Gasteiger partial charge in [0.05, 0.1) is 13.2 Å². The fourth-order valence-electron chi connectivity index (χ4n) is 2.89. The van der Waals surface area contributed by atoms with Gasteiger partial charge in [0.25, 0.3) is 5.91 Å². The summed E-state index contributed by atoms with van der Waals surface area (Å²) in [6.07, 6.45) is 1.76. The first-order valence-corrected chi connectivity index (χ1v) is 10.7. The molecule has 0 aliphatic carbocycles. The topological polar surface area (TPSA) is 95.7 Å². The number of amides is 1. The Morgan fingerprint density at radius 3 is 2.38 bits per heavy atom. The number of nitrogens with zero attached hydrogens (tertiary/aromatic N) is 2. The Bertz CT molecular complexity index is 1050. The average Bonchev–Trinajstić information content (AvgIpc) is 3.25. The molecule has 0 saturated carbocycles. The van der Waals surface area contributed by atoms with E-state index in [1.54, 1.807) is 6.07 Å². The Kier molecular flexibility index (Phi) is 8.08. The van der Waals surface area contributed by atoms with Crippen molar-refractivity contribution in [2.75, 3.05) is 25.1 Å². The van der Waals surface area contributed by atoms with Gasteiger partial charge in [-0.3, -0.25) is 4.79 Å². The number of aryl methyl sites for hydroxylation is 2. The minimum absolute atomic E-state index is 0.163. The highest BCUT2D eigenvalue weighted by Crippen LogP contribution is 2.34. The minimum atomic E-state index is -0.370. The number of hydrogen-bond donors (Lipinski definition) is 1. The van der Waals surface area contributed by atoms with Crippen molar-refractivity contribution in [2.45, 2.75) is 40.5 Å². The van der Waals surface area contributed by atoms with Crippen LogP contribution in [0.3, 0.4) is 0 Å². The molecule has 0 atom stereocenters. The predicted molar refractivity (Wildman–Crippen MR) is 121 cm³/mol. The zero-order valence-corrected chi connectivity index (χ0v) is 18.9. The maximum atomic E-state index is 12.4. The number of nitrogens with one attached hydrogen (secondary N) is 1. The number of carbonyl (C=O) groups excluding carboxylic acids is 1. The summed E-state index contributed by atoms with van der Waals surface area (Å²) < 4.78 is 22.1. The zero-order valence-electron chi connectivity index (χ0n) is 18.9. The van der Waals surface area contributed by atoms with Crippen LogP contribution in [-0.4, -0.2) is 36.0 Å². The van der Waals surface area contributed by atoms with Crippen LogP contribution in [0.1, 0.15) is 37.8 Å². The van der Waals surface area contributed by atoms with E-state index in [9.17, 15) is 4.79 Å². The summed E-state index contributed by atoms with van der Waals surface area (Å²) in [6, 6.07) is 11.1. The molecule has 0 radical (unpaired) electrons. The van der Waals surface area contributed by atoms with Crippen LogP contribution in [-0.2, 0) is 4.79 Å². The van der Waals surface area contributed by atoms with E-state index in [2.05, 4.69) is 15.6 Å². The fourth-order valence-corrected chi connectivity index (χ4v) is 2.89. The number of benzene rings is 2. The molecule has 8 nitrogen and oxygen atoms in total. The van der Waals surface area contributed by atoms with Crippen molar-refractivity contribution in [3.8, 4) is 28.5 Å². The van der Waals surface area contributed by atoms with Gasteiger partial charge in [0.15, 0.2) is 23.8 Å². The number of carbonyl (C=O) groups is 1. The SMILES string of the molecule is CCCOc1ccc(-c2nonc2NC(=O)COc2ccc(C)c(C)c2)cc1OCCC. The molecular weight excluding hydrogens is 410 g/mol. The molecule has 0 aliphatic rings. The molecule has 0 aliphatic heterocycles. The molecule has 32 heavy (non-hydrogen) atoms. The highest BCUT2D eigenvalue weighted by molar-refractivity contribution is 5.94. The van der Waals surface area contributed by atoms with Gasteiger partial charge in [-0.2, -0.15) is 0 Å². The molecule has 170 valence electrons. The van der Waals surface area contributed by atoms with E-state index in [4.69, 9.17) is 18.8 Å². The molecule has 3 aromatic rings. The molecule has 0 spiro atoms. The predicted octanol–water partition coefficient (Wildman–Crippen LogP) is 4.95. The Hall–Kier alpha value is -3.55. The number of rotatable bonds is 11. The van der Waals surface area contributed by atoms with Crippen molar-refractivity contribution in [2.24, 2.45) is 0 Å². The molecule has 1 amide bonds.